The molecule has 4 heteroatoms. The molecule has 1 aliphatic rings. The van der Waals surface area contributed by atoms with E-state index in [1.165, 1.54) is 12.8 Å². The third-order valence-electron chi connectivity index (χ3n) is 3.36. The van der Waals surface area contributed by atoms with Crippen LogP contribution in [0, 0.1) is 0 Å². The molecule has 1 heterocycles. The van der Waals surface area contributed by atoms with Gasteiger partial charge in [-0.1, -0.05) is 6.07 Å². The molecule has 106 valence electrons. The van der Waals surface area contributed by atoms with Crippen LogP contribution in [0.2, 0.25) is 0 Å². The Labute approximate surface area is 114 Å². The Morgan fingerprint density at radius 2 is 2.26 bits per heavy atom. The second-order valence-electron chi connectivity index (χ2n) is 4.77. The molecule has 0 radical (unpaired) electrons. The summed E-state index contributed by atoms with van der Waals surface area (Å²) in [6.45, 7) is 1.55. The highest BCUT2D eigenvalue weighted by Gasteiger charge is 2.14. The molecule has 1 N–H and O–H groups in total. The van der Waals surface area contributed by atoms with Gasteiger partial charge in [0.2, 0.25) is 0 Å². The Balaban J connectivity index is 1.80. The Morgan fingerprint density at radius 1 is 1.37 bits per heavy atom. The number of ether oxygens (including phenoxy) is 3. The third kappa shape index (κ3) is 4.11. The maximum Gasteiger partial charge on any atom is 0.161 e. The minimum absolute atomic E-state index is 0.0102. The molecule has 0 amide bonds. The summed E-state index contributed by atoms with van der Waals surface area (Å²) in [7, 11) is 1.62. The first kappa shape index (κ1) is 14.2. The second-order valence-corrected chi connectivity index (χ2v) is 4.77. The predicted octanol–water partition coefficient (Wildman–Crippen LogP) is 2.53. The second kappa shape index (κ2) is 7.36. The number of hydrogen-bond acceptors (Lipinski definition) is 4. The molecule has 1 saturated heterocycles. The molecule has 0 spiro atoms. The molecule has 0 aromatic heterocycles. The van der Waals surface area contributed by atoms with Crippen molar-refractivity contribution in [2.75, 3.05) is 20.3 Å². The molecule has 19 heavy (non-hydrogen) atoms. The summed E-state index contributed by atoms with van der Waals surface area (Å²) in [5.41, 5.74) is 0.829. The van der Waals surface area contributed by atoms with Gasteiger partial charge >= 0.3 is 0 Å². The van der Waals surface area contributed by atoms with Crippen molar-refractivity contribution < 1.29 is 19.3 Å². The maximum absolute atomic E-state index is 9.13. The summed E-state index contributed by atoms with van der Waals surface area (Å²) in [6, 6.07) is 5.48. The van der Waals surface area contributed by atoms with Crippen LogP contribution in [0.5, 0.6) is 11.5 Å². The zero-order valence-corrected chi connectivity index (χ0v) is 11.4. The predicted molar refractivity (Wildman–Crippen MR) is 72.6 cm³/mol. The number of aliphatic hydroxyl groups is 1. The number of hydrogen-bond donors (Lipinski definition) is 1. The van der Waals surface area contributed by atoms with Crippen LogP contribution in [0.1, 0.15) is 31.2 Å². The van der Waals surface area contributed by atoms with Crippen LogP contribution in [-0.4, -0.2) is 31.5 Å². The molecule has 1 aliphatic heterocycles. The van der Waals surface area contributed by atoms with E-state index in [4.69, 9.17) is 19.3 Å². The smallest absolute Gasteiger partial charge is 0.161 e. The van der Waals surface area contributed by atoms with Crippen molar-refractivity contribution in [1.82, 2.24) is 0 Å². The Hall–Kier alpha value is -1.26. The van der Waals surface area contributed by atoms with Crippen LogP contribution in [0.4, 0.5) is 0 Å². The molecule has 1 aromatic rings. The third-order valence-corrected chi connectivity index (χ3v) is 3.36. The number of benzene rings is 1. The fourth-order valence-electron chi connectivity index (χ4n) is 2.30. The Bertz CT molecular complexity index is 386. The van der Waals surface area contributed by atoms with Crippen molar-refractivity contribution >= 4 is 0 Å². The van der Waals surface area contributed by atoms with Gasteiger partial charge in [-0.3, -0.25) is 0 Å². The molecule has 1 unspecified atom stereocenters. The zero-order chi connectivity index (χ0) is 13.5. The van der Waals surface area contributed by atoms with Gasteiger partial charge in [-0.05, 0) is 43.4 Å². The van der Waals surface area contributed by atoms with Gasteiger partial charge in [0, 0.05) is 6.61 Å². The minimum atomic E-state index is 0.0102. The van der Waals surface area contributed by atoms with Crippen LogP contribution in [0.15, 0.2) is 18.2 Å². The molecule has 0 aliphatic carbocycles. The van der Waals surface area contributed by atoms with Gasteiger partial charge in [-0.25, -0.2) is 0 Å². The van der Waals surface area contributed by atoms with Crippen LogP contribution < -0.4 is 9.47 Å². The molecule has 0 bridgehead atoms. The van der Waals surface area contributed by atoms with Gasteiger partial charge in [0.05, 0.1) is 26.4 Å². The fourth-order valence-corrected chi connectivity index (χ4v) is 2.30. The van der Waals surface area contributed by atoms with Crippen molar-refractivity contribution in [3.05, 3.63) is 23.8 Å². The van der Waals surface area contributed by atoms with Crippen LogP contribution in [-0.2, 0) is 11.3 Å². The molecular weight excluding hydrogens is 244 g/mol. The van der Waals surface area contributed by atoms with E-state index in [0.29, 0.717) is 24.2 Å². The van der Waals surface area contributed by atoms with Crippen molar-refractivity contribution in [3.8, 4) is 11.5 Å². The largest absolute Gasteiger partial charge is 0.493 e. The molecule has 1 aromatic carbocycles. The SMILES string of the molecule is COc1ccc(CO)cc1OCCCC1CCCO1. The summed E-state index contributed by atoms with van der Waals surface area (Å²) < 4.78 is 16.6. The fraction of sp³-hybridized carbons (Fsp3) is 0.600. The highest BCUT2D eigenvalue weighted by molar-refractivity contribution is 5.42. The first-order valence-electron chi connectivity index (χ1n) is 6.85. The quantitative estimate of drug-likeness (QED) is 0.770. The number of rotatable bonds is 7. The van der Waals surface area contributed by atoms with Gasteiger partial charge in [-0.2, -0.15) is 0 Å². The van der Waals surface area contributed by atoms with E-state index in [0.717, 1.165) is 25.0 Å². The van der Waals surface area contributed by atoms with Crippen molar-refractivity contribution in [3.63, 3.8) is 0 Å². The van der Waals surface area contributed by atoms with Gasteiger partial charge in [-0.15, -0.1) is 0 Å². The molecular formula is C15H22O4. The lowest BCUT2D eigenvalue weighted by Gasteiger charge is -2.13. The van der Waals surface area contributed by atoms with E-state index >= 15 is 0 Å². The summed E-state index contributed by atoms with van der Waals surface area (Å²) in [5.74, 6) is 1.40. The van der Waals surface area contributed by atoms with E-state index < -0.39 is 0 Å². The van der Waals surface area contributed by atoms with Crippen LogP contribution in [0.25, 0.3) is 0 Å². The Morgan fingerprint density at radius 3 is 2.95 bits per heavy atom. The van der Waals surface area contributed by atoms with E-state index in [9.17, 15) is 0 Å². The highest BCUT2D eigenvalue weighted by atomic mass is 16.5. The molecule has 4 nitrogen and oxygen atoms in total. The van der Waals surface area contributed by atoms with E-state index in [-0.39, 0.29) is 6.61 Å². The first-order valence-corrected chi connectivity index (χ1v) is 6.85. The van der Waals surface area contributed by atoms with Gasteiger partial charge in [0.1, 0.15) is 0 Å². The number of methoxy groups -OCH3 is 1. The zero-order valence-electron chi connectivity index (χ0n) is 11.4. The molecule has 0 saturated carbocycles. The van der Waals surface area contributed by atoms with Crippen molar-refractivity contribution in [2.45, 2.75) is 38.4 Å². The minimum Gasteiger partial charge on any atom is -0.493 e. The molecule has 2 rings (SSSR count). The average molecular weight is 266 g/mol. The summed E-state index contributed by atoms with van der Waals surface area (Å²) in [4.78, 5) is 0. The van der Waals surface area contributed by atoms with E-state index in [2.05, 4.69) is 0 Å². The molecule has 1 fully saturated rings. The van der Waals surface area contributed by atoms with E-state index in [1.54, 1.807) is 7.11 Å². The highest BCUT2D eigenvalue weighted by Crippen LogP contribution is 2.28. The monoisotopic (exact) mass is 266 g/mol. The normalized spacial score (nSPS) is 18.5. The average Bonchev–Trinajstić information content (AvgIpc) is 2.96. The lowest BCUT2D eigenvalue weighted by molar-refractivity contribution is 0.0979. The summed E-state index contributed by atoms with van der Waals surface area (Å²) in [6.07, 6.45) is 4.77. The lowest BCUT2D eigenvalue weighted by Crippen LogP contribution is -2.08. The lowest BCUT2D eigenvalue weighted by atomic mass is 10.1. The van der Waals surface area contributed by atoms with Crippen LogP contribution in [0.3, 0.4) is 0 Å². The van der Waals surface area contributed by atoms with Gasteiger partial charge < -0.3 is 19.3 Å². The number of aliphatic hydroxyl groups excluding tert-OH is 1. The Kier molecular flexibility index (Phi) is 5.48. The first-order chi connectivity index (χ1) is 9.33. The summed E-state index contributed by atoms with van der Waals surface area (Å²) in [5, 5.41) is 9.13. The van der Waals surface area contributed by atoms with Crippen molar-refractivity contribution in [1.29, 1.82) is 0 Å². The topological polar surface area (TPSA) is 47.9 Å². The van der Waals surface area contributed by atoms with Gasteiger partial charge in [0.15, 0.2) is 11.5 Å². The van der Waals surface area contributed by atoms with Crippen molar-refractivity contribution in [2.24, 2.45) is 0 Å². The standard InChI is InChI=1S/C15H22O4/c1-17-14-7-6-12(11-16)10-15(14)19-9-3-5-13-4-2-8-18-13/h6-7,10,13,16H,2-5,8-9,11H2,1H3. The van der Waals surface area contributed by atoms with Crippen LogP contribution >= 0.6 is 0 Å². The summed E-state index contributed by atoms with van der Waals surface area (Å²) >= 11 is 0. The maximum atomic E-state index is 9.13. The molecule has 1 atom stereocenters. The van der Waals surface area contributed by atoms with Gasteiger partial charge in [0.25, 0.3) is 0 Å². The van der Waals surface area contributed by atoms with E-state index in [1.807, 2.05) is 18.2 Å².